The Kier molecular flexibility index (Phi) is 4.98. The molecule has 1 saturated heterocycles. The van der Waals surface area contributed by atoms with Crippen LogP contribution in [0.5, 0.6) is 0 Å². The van der Waals surface area contributed by atoms with Gasteiger partial charge in [-0.05, 0) is 50.0 Å². The number of rotatable bonds is 5. The lowest BCUT2D eigenvalue weighted by molar-refractivity contribution is -0.116. The number of hydrogen-bond acceptors (Lipinski definition) is 3. The lowest BCUT2D eigenvalue weighted by Gasteiger charge is -2.09. The largest absolute Gasteiger partial charge is 0.478 e. The summed E-state index contributed by atoms with van der Waals surface area (Å²) < 4.78 is 0. The zero-order valence-electron chi connectivity index (χ0n) is 11.0. The van der Waals surface area contributed by atoms with Crippen molar-refractivity contribution in [1.29, 1.82) is 0 Å². The Labute approximate surface area is 122 Å². The summed E-state index contributed by atoms with van der Waals surface area (Å²) in [5.41, 5.74) is 0.484. The average molecular weight is 297 g/mol. The third-order valence-corrected chi connectivity index (χ3v) is 3.59. The lowest BCUT2D eigenvalue weighted by Crippen LogP contribution is -2.15. The molecule has 0 aromatic heterocycles. The fraction of sp³-hybridized carbons (Fsp3) is 0.429. The Balaban J connectivity index is 1.91. The van der Waals surface area contributed by atoms with Crippen LogP contribution >= 0.6 is 11.6 Å². The van der Waals surface area contributed by atoms with Crippen molar-refractivity contribution in [3.8, 4) is 0 Å². The summed E-state index contributed by atoms with van der Waals surface area (Å²) in [5.74, 6) is -0.634. The molecule has 1 amide bonds. The maximum atomic E-state index is 11.8. The Bertz CT molecular complexity index is 513. The number of hydrogen-bond donors (Lipinski definition) is 3. The van der Waals surface area contributed by atoms with E-state index < -0.39 is 5.97 Å². The highest BCUT2D eigenvalue weighted by atomic mass is 35.5. The molecule has 0 bridgehead atoms. The first-order valence-electron chi connectivity index (χ1n) is 6.59. The van der Waals surface area contributed by atoms with Crippen LogP contribution in [-0.2, 0) is 4.79 Å². The van der Waals surface area contributed by atoms with E-state index in [1.807, 2.05) is 0 Å². The molecule has 1 unspecified atom stereocenters. The van der Waals surface area contributed by atoms with Crippen molar-refractivity contribution in [2.75, 3.05) is 18.4 Å². The van der Waals surface area contributed by atoms with E-state index in [2.05, 4.69) is 10.6 Å². The summed E-state index contributed by atoms with van der Waals surface area (Å²) in [6.07, 6.45) is 2.38. The SMILES string of the molecule is O=C(CCC1CCNC1)Nc1cc(Cl)cc(C(=O)O)c1. The van der Waals surface area contributed by atoms with Gasteiger partial charge in [0.05, 0.1) is 5.56 Å². The van der Waals surface area contributed by atoms with Gasteiger partial charge in [0.25, 0.3) is 0 Å². The van der Waals surface area contributed by atoms with Crippen LogP contribution in [0.25, 0.3) is 0 Å². The standard InChI is InChI=1S/C14H17ClN2O3/c15-11-5-10(14(19)20)6-12(7-11)17-13(18)2-1-9-3-4-16-8-9/h5-7,9,16H,1-4,8H2,(H,17,18)(H,19,20). The predicted octanol–water partition coefficient (Wildman–Crippen LogP) is 2.37. The van der Waals surface area contributed by atoms with E-state index in [9.17, 15) is 9.59 Å². The summed E-state index contributed by atoms with van der Waals surface area (Å²) in [6.45, 7) is 1.98. The van der Waals surface area contributed by atoms with Crippen molar-refractivity contribution >= 4 is 29.2 Å². The molecule has 20 heavy (non-hydrogen) atoms. The van der Waals surface area contributed by atoms with Gasteiger partial charge < -0.3 is 15.7 Å². The topological polar surface area (TPSA) is 78.4 Å². The number of benzene rings is 1. The molecule has 0 aliphatic carbocycles. The zero-order valence-corrected chi connectivity index (χ0v) is 11.7. The van der Waals surface area contributed by atoms with Crippen molar-refractivity contribution in [2.24, 2.45) is 5.92 Å². The summed E-state index contributed by atoms with van der Waals surface area (Å²) in [4.78, 5) is 22.8. The minimum atomic E-state index is -1.07. The Morgan fingerprint density at radius 3 is 2.85 bits per heavy atom. The van der Waals surface area contributed by atoms with Gasteiger partial charge in [-0.25, -0.2) is 4.79 Å². The first-order valence-corrected chi connectivity index (χ1v) is 6.97. The number of carbonyl (C=O) groups is 2. The maximum Gasteiger partial charge on any atom is 0.335 e. The van der Waals surface area contributed by atoms with Gasteiger partial charge in [-0.15, -0.1) is 0 Å². The highest BCUT2D eigenvalue weighted by Gasteiger charge is 2.16. The zero-order chi connectivity index (χ0) is 14.5. The summed E-state index contributed by atoms with van der Waals surface area (Å²) >= 11 is 5.84. The number of anilines is 1. The van der Waals surface area contributed by atoms with Crippen molar-refractivity contribution in [3.63, 3.8) is 0 Å². The van der Waals surface area contributed by atoms with Crippen molar-refractivity contribution < 1.29 is 14.7 Å². The fourth-order valence-corrected chi connectivity index (χ4v) is 2.54. The first kappa shape index (κ1) is 14.8. The molecule has 2 rings (SSSR count). The van der Waals surface area contributed by atoms with Gasteiger partial charge in [0.15, 0.2) is 0 Å². The first-order chi connectivity index (χ1) is 9.54. The molecule has 1 aromatic carbocycles. The van der Waals surface area contributed by atoms with E-state index in [1.54, 1.807) is 6.07 Å². The van der Waals surface area contributed by atoms with Crippen LogP contribution in [-0.4, -0.2) is 30.1 Å². The molecule has 1 atom stereocenters. The fourth-order valence-electron chi connectivity index (χ4n) is 2.30. The molecular formula is C14H17ClN2O3. The number of carboxylic acids is 1. The second-order valence-corrected chi connectivity index (χ2v) is 5.42. The lowest BCUT2D eigenvalue weighted by atomic mass is 10.0. The van der Waals surface area contributed by atoms with Gasteiger partial charge in [0.1, 0.15) is 0 Å². The van der Waals surface area contributed by atoms with E-state index in [0.29, 0.717) is 23.0 Å². The summed E-state index contributed by atoms with van der Waals surface area (Å²) in [5, 5.41) is 15.2. The van der Waals surface area contributed by atoms with Crippen LogP contribution in [0.2, 0.25) is 5.02 Å². The monoisotopic (exact) mass is 296 g/mol. The van der Waals surface area contributed by atoms with Crippen LogP contribution < -0.4 is 10.6 Å². The van der Waals surface area contributed by atoms with Gasteiger partial charge in [-0.2, -0.15) is 0 Å². The summed E-state index contributed by atoms with van der Waals surface area (Å²) in [6, 6.07) is 4.30. The minimum absolute atomic E-state index is 0.0628. The second-order valence-electron chi connectivity index (χ2n) is 4.98. The number of aromatic carboxylic acids is 1. The predicted molar refractivity (Wildman–Crippen MR) is 77.3 cm³/mol. The highest BCUT2D eigenvalue weighted by Crippen LogP contribution is 2.20. The van der Waals surface area contributed by atoms with Crippen LogP contribution in [0.15, 0.2) is 18.2 Å². The van der Waals surface area contributed by atoms with Crippen LogP contribution in [0.3, 0.4) is 0 Å². The van der Waals surface area contributed by atoms with Gasteiger partial charge in [-0.1, -0.05) is 11.6 Å². The molecule has 108 valence electrons. The molecule has 0 saturated carbocycles. The average Bonchev–Trinajstić information content (AvgIpc) is 2.88. The molecule has 5 nitrogen and oxygen atoms in total. The molecule has 1 aliphatic heterocycles. The maximum absolute atomic E-state index is 11.8. The Morgan fingerprint density at radius 2 is 2.20 bits per heavy atom. The molecule has 1 aliphatic rings. The molecule has 6 heteroatoms. The molecule has 1 aromatic rings. The quantitative estimate of drug-likeness (QED) is 0.779. The van der Waals surface area contributed by atoms with Gasteiger partial charge in [-0.3, -0.25) is 4.79 Å². The third kappa shape index (κ3) is 4.21. The molecule has 3 N–H and O–H groups in total. The van der Waals surface area contributed by atoms with E-state index in [0.717, 1.165) is 25.9 Å². The number of carbonyl (C=O) groups excluding carboxylic acids is 1. The Hall–Kier alpha value is -1.59. The Morgan fingerprint density at radius 1 is 1.40 bits per heavy atom. The van der Waals surface area contributed by atoms with Crippen molar-refractivity contribution in [2.45, 2.75) is 19.3 Å². The van der Waals surface area contributed by atoms with E-state index >= 15 is 0 Å². The number of nitrogens with one attached hydrogen (secondary N) is 2. The van der Waals surface area contributed by atoms with Crippen molar-refractivity contribution in [3.05, 3.63) is 28.8 Å². The van der Waals surface area contributed by atoms with E-state index in [4.69, 9.17) is 16.7 Å². The number of amides is 1. The normalized spacial score (nSPS) is 17.9. The van der Waals surface area contributed by atoms with Gasteiger partial charge in [0.2, 0.25) is 5.91 Å². The minimum Gasteiger partial charge on any atom is -0.478 e. The molecule has 0 radical (unpaired) electrons. The summed E-state index contributed by atoms with van der Waals surface area (Å²) in [7, 11) is 0. The smallest absolute Gasteiger partial charge is 0.335 e. The van der Waals surface area contributed by atoms with Crippen LogP contribution in [0.1, 0.15) is 29.6 Å². The van der Waals surface area contributed by atoms with Gasteiger partial charge >= 0.3 is 5.97 Å². The number of carboxylic acid groups (broad SMARTS) is 1. The molecular weight excluding hydrogens is 280 g/mol. The number of halogens is 1. The molecule has 0 spiro atoms. The van der Waals surface area contributed by atoms with E-state index in [1.165, 1.54) is 12.1 Å². The molecule has 1 heterocycles. The second kappa shape index (κ2) is 6.72. The van der Waals surface area contributed by atoms with Crippen LogP contribution in [0, 0.1) is 5.92 Å². The van der Waals surface area contributed by atoms with Crippen LogP contribution in [0.4, 0.5) is 5.69 Å². The van der Waals surface area contributed by atoms with E-state index in [-0.39, 0.29) is 11.5 Å². The molecule has 1 fully saturated rings. The highest BCUT2D eigenvalue weighted by molar-refractivity contribution is 6.31. The van der Waals surface area contributed by atoms with Gasteiger partial charge in [0, 0.05) is 17.1 Å². The third-order valence-electron chi connectivity index (χ3n) is 3.37. The van der Waals surface area contributed by atoms with Crippen molar-refractivity contribution in [1.82, 2.24) is 5.32 Å².